The van der Waals surface area contributed by atoms with E-state index < -0.39 is 0 Å². The van der Waals surface area contributed by atoms with Crippen LogP contribution in [-0.4, -0.2) is 12.6 Å². The largest absolute Gasteiger partial charge is 3.00 e. The molecule has 1 rings (SSSR count). The molecule has 1 aromatic rings. The molecule has 1 aromatic carbocycles. The Kier molecular flexibility index (Phi) is 4.41. The summed E-state index contributed by atoms with van der Waals surface area (Å²) < 4.78 is 0. The van der Waals surface area contributed by atoms with Crippen LogP contribution in [0.25, 0.3) is 0 Å². The number of rotatable bonds is 2. The molecule has 0 aromatic heterocycles. The third-order valence-corrected chi connectivity index (χ3v) is 1.25. The van der Waals surface area contributed by atoms with Crippen LogP contribution in [0, 0.1) is 0 Å². The van der Waals surface area contributed by atoms with Crippen molar-refractivity contribution in [3.8, 4) is 0 Å². The number of hydrogen-bond acceptors (Lipinski definition) is 2. The van der Waals surface area contributed by atoms with Gasteiger partial charge in [0.05, 0.1) is 0 Å². The van der Waals surface area contributed by atoms with E-state index in [0.717, 1.165) is 0 Å². The summed E-state index contributed by atoms with van der Waals surface area (Å²) in [6, 6.07) is 6.65. The Hall–Kier alpha value is -0.934. The van der Waals surface area contributed by atoms with E-state index in [4.69, 9.17) is 0 Å². The third-order valence-electron chi connectivity index (χ3n) is 1.25. The van der Waals surface area contributed by atoms with Crippen LogP contribution in [0.3, 0.4) is 0 Å². The minimum Gasteiger partial charge on any atom is -0.298 e. The Bertz CT molecular complexity index is 231. The van der Waals surface area contributed by atoms with Crippen LogP contribution in [0.1, 0.15) is 20.7 Å². The molecule has 0 aliphatic rings. The Morgan fingerprint density at radius 1 is 0.909 bits per heavy atom. The van der Waals surface area contributed by atoms with Crippen LogP contribution in [0.5, 0.6) is 0 Å². The monoisotopic (exact) mass is 193 g/mol. The minimum atomic E-state index is 0. The standard InChI is InChI=1S/C8H6O2.Co/c9-5-7-3-1-2-4-8(7)6-10;/h1-6H;/q;+3. The zero-order valence-electron chi connectivity index (χ0n) is 5.61. The van der Waals surface area contributed by atoms with E-state index in [1.54, 1.807) is 24.3 Å². The van der Waals surface area contributed by atoms with Crippen LogP contribution in [0.15, 0.2) is 24.3 Å². The molecular formula is C8H6CoO2+3. The molecule has 0 fully saturated rings. The maximum atomic E-state index is 10.2. The molecule has 0 heterocycles. The van der Waals surface area contributed by atoms with Crippen molar-refractivity contribution in [3.05, 3.63) is 35.4 Å². The van der Waals surface area contributed by atoms with Gasteiger partial charge in [-0.25, -0.2) is 0 Å². The first-order valence-corrected chi connectivity index (χ1v) is 2.88. The Balaban J connectivity index is 0.000001000. The van der Waals surface area contributed by atoms with Gasteiger partial charge >= 0.3 is 16.8 Å². The maximum Gasteiger partial charge on any atom is 3.00 e. The van der Waals surface area contributed by atoms with E-state index >= 15 is 0 Å². The molecule has 0 N–H and O–H groups in total. The summed E-state index contributed by atoms with van der Waals surface area (Å²) in [4.78, 5) is 20.5. The van der Waals surface area contributed by atoms with E-state index in [-0.39, 0.29) is 16.8 Å². The number of aldehydes is 2. The number of carbonyl (C=O) groups is 2. The van der Waals surface area contributed by atoms with Crippen molar-refractivity contribution in [2.75, 3.05) is 0 Å². The van der Waals surface area contributed by atoms with E-state index in [0.29, 0.717) is 23.7 Å². The predicted molar refractivity (Wildman–Crippen MR) is 37.2 cm³/mol. The van der Waals surface area contributed by atoms with Gasteiger partial charge in [-0.3, -0.25) is 9.59 Å². The second kappa shape index (κ2) is 4.82. The Labute approximate surface area is 74.8 Å². The number of hydrogen-bond donors (Lipinski definition) is 0. The second-order valence-corrected chi connectivity index (χ2v) is 1.86. The van der Waals surface area contributed by atoms with Crippen molar-refractivity contribution in [2.45, 2.75) is 0 Å². The van der Waals surface area contributed by atoms with Gasteiger partial charge in [-0.05, 0) is 0 Å². The topological polar surface area (TPSA) is 34.1 Å². The average Bonchev–Trinajstić information content (AvgIpc) is 2.04. The van der Waals surface area contributed by atoms with Crippen molar-refractivity contribution in [3.63, 3.8) is 0 Å². The first-order chi connectivity index (χ1) is 4.88. The molecule has 11 heavy (non-hydrogen) atoms. The van der Waals surface area contributed by atoms with Crippen molar-refractivity contribution < 1.29 is 26.4 Å². The van der Waals surface area contributed by atoms with Gasteiger partial charge in [-0.1, -0.05) is 24.3 Å². The summed E-state index contributed by atoms with van der Waals surface area (Å²) >= 11 is 0. The van der Waals surface area contributed by atoms with E-state index in [1.807, 2.05) is 0 Å². The first-order valence-electron chi connectivity index (χ1n) is 2.88. The summed E-state index contributed by atoms with van der Waals surface area (Å²) in [5, 5.41) is 0. The molecule has 0 spiro atoms. The van der Waals surface area contributed by atoms with Crippen molar-refractivity contribution in [2.24, 2.45) is 0 Å². The Morgan fingerprint density at radius 3 is 1.55 bits per heavy atom. The van der Waals surface area contributed by atoms with Crippen LogP contribution in [0.2, 0.25) is 0 Å². The molecule has 0 unspecified atom stereocenters. The molecule has 0 saturated carbocycles. The maximum absolute atomic E-state index is 10.2. The van der Waals surface area contributed by atoms with Crippen molar-refractivity contribution in [1.29, 1.82) is 0 Å². The van der Waals surface area contributed by atoms with Gasteiger partial charge in [0, 0.05) is 11.1 Å². The third kappa shape index (κ3) is 2.29. The molecule has 0 radical (unpaired) electrons. The number of carbonyl (C=O) groups excluding carboxylic acids is 2. The van der Waals surface area contributed by atoms with Gasteiger partial charge in [-0.15, -0.1) is 0 Å². The van der Waals surface area contributed by atoms with Gasteiger partial charge in [-0.2, -0.15) is 0 Å². The molecule has 0 aliphatic heterocycles. The van der Waals surface area contributed by atoms with Gasteiger partial charge in [0.1, 0.15) is 0 Å². The summed E-state index contributed by atoms with van der Waals surface area (Å²) in [6.45, 7) is 0. The summed E-state index contributed by atoms with van der Waals surface area (Å²) in [5.41, 5.74) is 0.884. The van der Waals surface area contributed by atoms with Gasteiger partial charge < -0.3 is 0 Å². The summed E-state index contributed by atoms with van der Waals surface area (Å²) in [5.74, 6) is 0. The van der Waals surface area contributed by atoms with E-state index in [1.165, 1.54) is 0 Å². The van der Waals surface area contributed by atoms with Crippen molar-refractivity contribution in [1.82, 2.24) is 0 Å². The fourth-order valence-electron chi connectivity index (χ4n) is 0.726. The molecule has 0 amide bonds. The molecule has 3 heteroatoms. The zero-order valence-corrected chi connectivity index (χ0v) is 6.65. The van der Waals surface area contributed by atoms with Crippen LogP contribution in [0.4, 0.5) is 0 Å². The fraction of sp³-hybridized carbons (Fsp3) is 0. The van der Waals surface area contributed by atoms with Crippen LogP contribution < -0.4 is 0 Å². The van der Waals surface area contributed by atoms with Gasteiger partial charge in [0.15, 0.2) is 12.6 Å². The number of benzene rings is 1. The molecular weight excluding hydrogens is 187 g/mol. The van der Waals surface area contributed by atoms with E-state index in [2.05, 4.69) is 0 Å². The first kappa shape index (κ1) is 10.1. The molecule has 0 atom stereocenters. The molecule has 0 bridgehead atoms. The normalized spacial score (nSPS) is 8.00. The Morgan fingerprint density at radius 2 is 1.27 bits per heavy atom. The van der Waals surface area contributed by atoms with Crippen molar-refractivity contribution >= 4 is 12.6 Å². The van der Waals surface area contributed by atoms with Gasteiger partial charge in [0.25, 0.3) is 0 Å². The molecule has 0 saturated heterocycles. The van der Waals surface area contributed by atoms with Gasteiger partial charge in [0.2, 0.25) is 0 Å². The molecule has 0 aliphatic carbocycles. The molecule has 2 nitrogen and oxygen atoms in total. The average molecular weight is 193 g/mol. The summed E-state index contributed by atoms with van der Waals surface area (Å²) in [7, 11) is 0. The second-order valence-electron chi connectivity index (χ2n) is 1.86. The fourth-order valence-corrected chi connectivity index (χ4v) is 0.726. The minimum absolute atomic E-state index is 0. The van der Waals surface area contributed by atoms with Crippen LogP contribution in [-0.2, 0) is 16.8 Å². The van der Waals surface area contributed by atoms with Crippen LogP contribution >= 0.6 is 0 Å². The quantitative estimate of drug-likeness (QED) is 0.663. The molecule has 56 valence electrons. The van der Waals surface area contributed by atoms with E-state index in [9.17, 15) is 9.59 Å². The smallest absolute Gasteiger partial charge is 0.298 e. The predicted octanol–water partition coefficient (Wildman–Crippen LogP) is 1.31. The zero-order chi connectivity index (χ0) is 7.40. The summed E-state index contributed by atoms with van der Waals surface area (Å²) in [6.07, 6.45) is 1.34. The SMILES string of the molecule is O=Cc1ccccc1C=O.[Co+3].